The van der Waals surface area contributed by atoms with E-state index >= 15 is 0 Å². The number of fused-ring (bicyclic) bond motifs is 2. The molecule has 0 saturated heterocycles. The lowest BCUT2D eigenvalue weighted by Crippen LogP contribution is -2.29. The van der Waals surface area contributed by atoms with Crippen LogP contribution in [0.4, 0.5) is 0 Å². The van der Waals surface area contributed by atoms with Crippen molar-refractivity contribution in [2.24, 2.45) is 5.41 Å². The largest absolute Gasteiger partial charge is 0.481 e. The van der Waals surface area contributed by atoms with Crippen LogP contribution in [0.15, 0.2) is 21.7 Å². The minimum atomic E-state index is -0.796. The van der Waals surface area contributed by atoms with Gasteiger partial charge < -0.3 is 9.67 Å². The molecule has 3 rings (SSSR count). The lowest BCUT2D eigenvalue weighted by atomic mass is 9.87. The number of aryl methyl sites for hydroxylation is 3. The summed E-state index contributed by atoms with van der Waals surface area (Å²) in [5.74, 6) is -0.518. The molecule has 0 radical (unpaired) electrons. The topological polar surface area (TPSA) is 118 Å². The van der Waals surface area contributed by atoms with Crippen molar-refractivity contribution in [2.75, 3.05) is 0 Å². The minimum absolute atomic E-state index is 0.146. The number of hydrogen-bond donors (Lipinski definition) is 2. The fourth-order valence-corrected chi connectivity index (χ4v) is 3.40. The smallest absolute Gasteiger partial charge is 0.349 e. The highest BCUT2D eigenvalue weighted by atomic mass is 16.4. The van der Waals surface area contributed by atoms with Gasteiger partial charge in [-0.3, -0.25) is 14.6 Å². The van der Waals surface area contributed by atoms with Gasteiger partial charge in [-0.1, -0.05) is 12.8 Å². The molecule has 1 aromatic carbocycles. The van der Waals surface area contributed by atoms with Gasteiger partial charge in [-0.15, -0.1) is 0 Å². The van der Waals surface area contributed by atoms with Crippen molar-refractivity contribution >= 4 is 17.0 Å². The maximum absolute atomic E-state index is 12.3. The average Bonchev–Trinajstić information content (AvgIpc) is 2.62. The Morgan fingerprint density at radius 1 is 1.10 bits per heavy atom. The molecule has 0 spiro atoms. The van der Waals surface area contributed by atoms with Gasteiger partial charge in [0.15, 0.2) is 11.5 Å². The molecule has 0 unspecified atom stereocenters. The summed E-state index contributed by atoms with van der Waals surface area (Å²) in [5, 5.41) is 9.23. The van der Waals surface area contributed by atoms with Crippen molar-refractivity contribution in [3.63, 3.8) is 0 Å². The van der Waals surface area contributed by atoms with Crippen molar-refractivity contribution in [3.8, 4) is 11.5 Å². The first kappa shape index (κ1) is 20.7. The number of H-pyrrole nitrogens is 1. The number of carboxylic acid groups (broad SMARTS) is 1. The Labute approximate surface area is 168 Å². The number of unbranched alkanes of at least 4 members (excludes halogenated alkanes) is 2. The number of hydrogen-bond acceptors (Lipinski definition) is 5. The Morgan fingerprint density at radius 2 is 1.79 bits per heavy atom. The normalized spacial score (nSPS) is 12.0. The number of aromatic nitrogens is 4. The third kappa shape index (κ3) is 4.21. The predicted molar refractivity (Wildman–Crippen MR) is 110 cm³/mol. The van der Waals surface area contributed by atoms with Gasteiger partial charge in [-0.25, -0.2) is 9.78 Å². The van der Waals surface area contributed by atoms with E-state index in [-0.39, 0.29) is 11.5 Å². The molecule has 0 saturated carbocycles. The van der Waals surface area contributed by atoms with Gasteiger partial charge >= 0.3 is 11.7 Å². The molecule has 2 aliphatic heterocycles. The molecule has 0 amide bonds. The molecular formula is C21H26N4O4. The van der Waals surface area contributed by atoms with Crippen LogP contribution in [0, 0.1) is 19.3 Å². The highest BCUT2D eigenvalue weighted by molar-refractivity contribution is 5.81. The van der Waals surface area contributed by atoms with Crippen LogP contribution in [0.25, 0.3) is 22.6 Å². The molecule has 1 aromatic rings. The van der Waals surface area contributed by atoms with E-state index < -0.39 is 22.6 Å². The number of carbonyl (C=O) groups is 1. The van der Waals surface area contributed by atoms with Crippen molar-refractivity contribution in [1.29, 1.82) is 0 Å². The molecule has 0 aromatic heterocycles. The Hall–Kier alpha value is -3.03. The predicted octanol–water partition coefficient (Wildman–Crippen LogP) is 2.87. The fraction of sp³-hybridized carbons (Fsp3) is 0.476. The Morgan fingerprint density at radius 3 is 2.48 bits per heavy atom. The van der Waals surface area contributed by atoms with Gasteiger partial charge in [0.05, 0.1) is 16.4 Å². The number of nitrogens with zero attached hydrogens (tertiary/aromatic N) is 3. The van der Waals surface area contributed by atoms with Crippen LogP contribution < -0.4 is 11.2 Å². The fourth-order valence-electron chi connectivity index (χ4n) is 3.40. The first-order valence-corrected chi connectivity index (χ1v) is 9.75. The number of aliphatic carboxylic acids is 1. The zero-order chi connectivity index (χ0) is 21.3. The first-order valence-electron chi connectivity index (χ1n) is 9.75. The third-order valence-electron chi connectivity index (χ3n) is 5.49. The van der Waals surface area contributed by atoms with Crippen molar-refractivity contribution < 1.29 is 9.90 Å². The Bertz CT molecular complexity index is 1160. The van der Waals surface area contributed by atoms with E-state index in [0.717, 1.165) is 35.9 Å². The van der Waals surface area contributed by atoms with Gasteiger partial charge in [-0.05, 0) is 63.8 Å². The molecule has 0 atom stereocenters. The summed E-state index contributed by atoms with van der Waals surface area (Å²) in [7, 11) is 0. The maximum Gasteiger partial charge on any atom is 0.349 e. The summed E-state index contributed by atoms with van der Waals surface area (Å²) in [6.45, 7) is 8.00. The molecule has 8 heteroatoms. The van der Waals surface area contributed by atoms with E-state index in [0.29, 0.717) is 18.5 Å². The number of rotatable bonds is 7. The first-order chi connectivity index (χ1) is 13.6. The zero-order valence-corrected chi connectivity index (χ0v) is 17.2. The Balaban J connectivity index is 1.94. The lowest BCUT2D eigenvalue weighted by molar-refractivity contribution is -0.147. The van der Waals surface area contributed by atoms with Crippen LogP contribution in [-0.2, 0) is 11.3 Å². The molecule has 0 bridgehead atoms. The number of nitrogens with one attached hydrogen (secondary N) is 1. The second kappa shape index (κ2) is 7.77. The van der Waals surface area contributed by atoms with Gasteiger partial charge in [0.25, 0.3) is 5.56 Å². The molecule has 2 aliphatic rings. The molecule has 2 heterocycles. The van der Waals surface area contributed by atoms with E-state index in [1.54, 1.807) is 13.8 Å². The van der Waals surface area contributed by atoms with Crippen LogP contribution in [0.2, 0.25) is 0 Å². The highest BCUT2D eigenvalue weighted by Gasteiger charge is 2.26. The summed E-state index contributed by atoms with van der Waals surface area (Å²) in [4.78, 5) is 46.0. The van der Waals surface area contributed by atoms with E-state index in [1.807, 2.05) is 30.5 Å². The quantitative estimate of drug-likeness (QED) is 0.467. The monoisotopic (exact) mass is 398 g/mol. The van der Waals surface area contributed by atoms with Crippen LogP contribution in [0.1, 0.15) is 50.7 Å². The average molecular weight is 398 g/mol. The summed E-state index contributed by atoms with van der Waals surface area (Å²) < 4.78 is 1.88. The van der Waals surface area contributed by atoms with Crippen LogP contribution >= 0.6 is 0 Å². The molecule has 2 N–H and O–H groups in total. The van der Waals surface area contributed by atoms with Crippen molar-refractivity contribution in [1.82, 2.24) is 19.5 Å². The van der Waals surface area contributed by atoms with Gasteiger partial charge in [0.1, 0.15) is 0 Å². The van der Waals surface area contributed by atoms with E-state index in [4.69, 9.17) is 0 Å². The number of aromatic amines is 1. The summed E-state index contributed by atoms with van der Waals surface area (Å²) in [5.41, 5.74) is 1.82. The van der Waals surface area contributed by atoms with Gasteiger partial charge in [0, 0.05) is 6.54 Å². The van der Waals surface area contributed by atoms with Crippen LogP contribution in [0.3, 0.4) is 0 Å². The van der Waals surface area contributed by atoms with E-state index in [1.165, 1.54) is 0 Å². The second-order valence-corrected chi connectivity index (χ2v) is 8.23. The zero-order valence-electron chi connectivity index (χ0n) is 17.2. The van der Waals surface area contributed by atoms with E-state index in [9.17, 15) is 19.5 Å². The lowest BCUT2D eigenvalue weighted by Gasteiger charge is -2.19. The second-order valence-electron chi connectivity index (χ2n) is 8.23. The molecular weight excluding hydrogens is 372 g/mol. The van der Waals surface area contributed by atoms with Gasteiger partial charge in [-0.2, -0.15) is 4.98 Å². The van der Waals surface area contributed by atoms with E-state index in [2.05, 4.69) is 15.0 Å². The van der Waals surface area contributed by atoms with Crippen LogP contribution in [-0.4, -0.2) is 30.6 Å². The van der Waals surface area contributed by atoms with Gasteiger partial charge in [0.2, 0.25) is 0 Å². The highest BCUT2D eigenvalue weighted by Crippen LogP contribution is 2.26. The SMILES string of the molecule is Cc1cc2nc3c(=O)[nH]c(=O)nc-3n(CCCCCC(C)(C)C(=O)O)c2cc1C. The summed E-state index contributed by atoms with van der Waals surface area (Å²) in [6.07, 6.45) is 2.96. The minimum Gasteiger partial charge on any atom is -0.481 e. The summed E-state index contributed by atoms with van der Waals surface area (Å²) in [6, 6.07) is 3.93. The molecule has 0 fully saturated rings. The van der Waals surface area contributed by atoms with Crippen molar-refractivity contribution in [2.45, 2.75) is 59.9 Å². The van der Waals surface area contributed by atoms with Crippen LogP contribution in [0.5, 0.6) is 0 Å². The number of benzene rings is 1. The summed E-state index contributed by atoms with van der Waals surface area (Å²) >= 11 is 0. The Kier molecular flexibility index (Phi) is 5.55. The molecule has 8 nitrogen and oxygen atoms in total. The number of carboxylic acids is 1. The molecule has 0 aliphatic carbocycles. The standard InChI is InChI=1S/C21H26N4O4/c1-12-10-14-15(11-13(12)2)25(9-7-5-6-8-21(3,4)19(27)28)17-16(22-14)18(26)24-20(29)23-17/h10-11H,5-9H2,1-4H3,(H,27,28)(H,24,26,29). The van der Waals surface area contributed by atoms with Crippen molar-refractivity contribution in [3.05, 3.63) is 44.1 Å². The molecule has 154 valence electrons. The third-order valence-corrected chi connectivity index (χ3v) is 5.49. The maximum atomic E-state index is 12.3. The molecule has 29 heavy (non-hydrogen) atoms.